The predicted octanol–water partition coefficient (Wildman–Crippen LogP) is 0.288. The molecule has 0 amide bonds. The lowest BCUT2D eigenvalue weighted by atomic mass is 9.75. The lowest BCUT2D eigenvalue weighted by molar-refractivity contribution is -0.167. The average Bonchev–Trinajstić information content (AvgIpc) is 2.44. The van der Waals surface area contributed by atoms with Crippen molar-refractivity contribution in [2.45, 2.75) is 40.0 Å². The van der Waals surface area contributed by atoms with Gasteiger partial charge in [0.25, 0.3) is 0 Å². The van der Waals surface area contributed by atoms with Crippen LogP contribution in [0.15, 0.2) is 0 Å². The average molecular weight is 342 g/mol. The first-order valence-corrected chi connectivity index (χ1v) is 7.27. The molecule has 0 unspecified atom stereocenters. The number of hydrogen-bond donors (Lipinski definition) is 0. The van der Waals surface area contributed by atoms with E-state index in [2.05, 4.69) is 14.2 Å². The van der Waals surface area contributed by atoms with E-state index in [0.717, 1.165) is 20.8 Å². The first-order chi connectivity index (χ1) is 11.1. The van der Waals surface area contributed by atoms with Gasteiger partial charge < -0.3 is 14.2 Å². The van der Waals surface area contributed by atoms with Crippen LogP contribution in [-0.4, -0.2) is 35.8 Å². The van der Waals surface area contributed by atoms with Crippen LogP contribution in [0.25, 0.3) is 0 Å². The van der Waals surface area contributed by atoms with Crippen molar-refractivity contribution in [3.8, 4) is 0 Å². The van der Waals surface area contributed by atoms with Gasteiger partial charge in [-0.05, 0) is 19.3 Å². The summed E-state index contributed by atoms with van der Waals surface area (Å²) >= 11 is 0. The van der Waals surface area contributed by atoms with Gasteiger partial charge in [0.05, 0.1) is 17.8 Å². The molecule has 0 aliphatic heterocycles. The Labute approximate surface area is 137 Å². The van der Waals surface area contributed by atoms with E-state index in [9.17, 15) is 28.8 Å². The quantitative estimate of drug-likeness (QED) is 0.403. The monoisotopic (exact) mass is 342 g/mol. The molecule has 0 aromatic heterocycles. The number of rotatable bonds is 3. The molecule has 1 saturated carbocycles. The summed E-state index contributed by atoms with van der Waals surface area (Å²) in [5.74, 6) is -7.93. The fourth-order valence-corrected chi connectivity index (χ4v) is 2.57. The Morgan fingerprint density at radius 3 is 0.917 bits per heavy atom. The molecule has 0 radical (unpaired) electrons. The van der Waals surface area contributed by atoms with Gasteiger partial charge in [-0.15, -0.1) is 0 Å². The standard InChI is InChI=1S/C15H18O9/c1-7(16)22-13(19)10-4-11(14(20)23-8(2)17)6-12(5-10)15(21)24-9(3)18/h10-12H,4-6H2,1-3H3. The second-order valence-corrected chi connectivity index (χ2v) is 5.54. The summed E-state index contributed by atoms with van der Waals surface area (Å²) in [7, 11) is 0. The number of ether oxygens (including phenoxy) is 3. The van der Waals surface area contributed by atoms with Crippen molar-refractivity contribution in [2.75, 3.05) is 0 Å². The van der Waals surface area contributed by atoms with Crippen LogP contribution in [0.3, 0.4) is 0 Å². The van der Waals surface area contributed by atoms with E-state index >= 15 is 0 Å². The minimum absolute atomic E-state index is 0.0396. The van der Waals surface area contributed by atoms with Gasteiger partial charge in [-0.1, -0.05) is 0 Å². The highest BCUT2D eigenvalue weighted by atomic mass is 16.6. The summed E-state index contributed by atoms with van der Waals surface area (Å²) < 4.78 is 13.5. The van der Waals surface area contributed by atoms with Crippen LogP contribution in [0.1, 0.15) is 40.0 Å². The van der Waals surface area contributed by atoms with E-state index in [-0.39, 0.29) is 19.3 Å². The molecule has 1 rings (SSSR count). The van der Waals surface area contributed by atoms with Crippen molar-refractivity contribution in [3.63, 3.8) is 0 Å². The van der Waals surface area contributed by atoms with Crippen molar-refractivity contribution >= 4 is 35.8 Å². The maximum Gasteiger partial charge on any atom is 0.316 e. The summed E-state index contributed by atoms with van der Waals surface area (Å²) in [6.07, 6.45) is -0.119. The molecule has 0 aromatic carbocycles. The third-order valence-corrected chi connectivity index (χ3v) is 3.44. The van der Waals surface area contributed by atoms with Gasteiger partial charge in [0.1, 0.15) is 0 Å². The smallest absolute Gasteiger partial charge is 0.316 e. The van der Waals surface area contributed by atoms with Gasteiger partial charge in [-0.2, -0.15) is 0 Å². The van der Waals surface area contributed by atoms with Gasteiger partial charge in [0.2, 0.25) is 0 Å². The van der Waals surface area contributed by atoms with Crippen LogP contribution in [-0.2, 0) is 43.0 Å². The highest BCUT2D eigenvalue weighted by Crippen LogP contribution is 2.35. The van der Waals surface area contributed by atoms with Crippen molar-refractivity contribution in [2.24, 2.45) is 17.8 Å². The van der Waals surface area contributed by atoms with Gasteiger partial charge in [0, 0.05) is 20.8 Å². The Balaban J connectivity index is 2.93. The number of esters is 6. The van der Waals surface area contributed by atoms with Crippen molar-refractivity contribution in [1.82, 2.24) is 0 Å². The molecule has 9 nitrogen and oxygen atoms in total. The molecule has 0 aromatic rings. The molecule has 0 heterocycles. The molecule has 0 atom stereocenters. The molecule has 9 heteroatoms. The van der Waals surface area contributed by atoms with E-state index in [4.69, 9.17) is 0 Å². The van der Waals surface area contributed by atoms with Crippen LogP contribution in [0.2, 0.25) is 0 Å². The Hall–Kier alpha value is -2.58. The maximum absolute atomic E-state index is 11.9. The van der Waals surface area contributed by atoms with E-state index in [0.29, 0.717) is 0 Å². The lowest BCUT2D eigenvalue weighted by Crippen LogP contribution is -2.38. The summed E-state index contributed by atoms with van der Waals surface area (Å²) in [5.41, 5.74) is 0. The summed E-state index contributed by atoms with van der Waals surface area (Å²) in [6.45, 7) is 3.14. The molecular formula is C15H18O9. The molecule has 1 fully saturated rings. The van der Waals surface area contributed by atoms with Crippen LogP contribution < -0.4 is 0 Å². The first-order valence-electron chi connectivity index (χ1n) is 7.27. The Kier molecular flexibility index (Phi) is 6.75. The van der Waals surface area contributed by atoms with Crippen molar-refractivity contribution < 1.29 is 43.0 Å². The fraction of sp³-hybridized carbons (Fsp3) is 0.600. The third-order valence-electron chi connectivity index (χ3n) is 3.44. The molecular weight excluding hydrogens is 324 g/mol. The second-order valence-electron chi connectivity index (χ2n) is 5.54. The summed E-state index contributed by atoms with van der Waals surface area (Å²) in [5, 5.41) is 0. The normalized spacial score (nSPS) is 22.9. The molecule has 132 valence electrons. The van der Waals surface area contributed by atoms with E-state index in [1.165, 1.54) is 0 Å². The third kappa shape index (κ3) is 5.90. The molecule has 1 aliphatic rings. The highest BCUT2D eigenvalue weighted by molar-refractivity contribution is 5.90. The fourth-order valence-electron chi connectivity index (χ4n) is 2.57. The number of carbonyl (C=O) groups is 6. The molecule has 24 heavy (non-hydrogen) atoms. The SMILES string of the molecule is CC(=O)OC(=O)C1CC(C(=O)OC(C)=O)CC(C(=O)OC(C)=O)C1. The van der Waals surface area contributed by atoms with Gasteiger partial charge in [0.15, 0.2) is 0 Å². The Bertz CT molecular complexity index is 491. The minimum atomic E-state index is -0.934. The number of hydrogen-bond acceptors (Lipinski definition) is 9. The predicted molar refractivity (Wildman–Crippen MR) is 74.6 cm³/mol. The molecule has 1 aliphatic carbocycles. The first kappa shape index (κ1) is 19.5. The molecule has 0 bridgehead atoms. The van der Waals surface area contributed by atoms with Gasteiger partial charge >= 0.3 is 35.8 Å². The minimum Gasteiger partial charge on any atom is -0.393 e. The molecule has 0 spiro atoms. The second kappa shape index (κ2) is 8.32. The van der Waals surface area contributed by atoms with E-state index in [1.54, 1.807) is 0 Å². The van der Waals surface area contributed by atoms with E-state index in [1.807, 2.05) is 0 Å². The van der Waals surface area contributed by atoms with Gasteiger partial charge in [-0.3, -0.25) is 28.8 Å². The van der Waals surface area contributed by atoms with Crippen molar-refractivity contribution in [3.05, 3.63) is 0 Å². The zero-order valence-corrected chi connectivity index (χ0v) is 13.5. The summed E-state index contributed by atoms with van der Waals surface area (Å²) in [6, 6.07) is 0. The molecule has 0 N–H and O–H groups in total. The summed E-state index contributed by atoms with van der Waals surface area (Å²) in [4.78, 5) is 68.4. The number of carbonyl (C=O) groups excluding carboxylic acids is 6. The zero-order valence-electron chi connectivity index (χ0n) is 13.5. The van der Waals surface area contributed by atoms with Crippen LogP contribution in [0.4, 0.5) is 0 Å². The topological polar surface area (TPSA) is 130 Å². The zero-order chi connectivity index (χ0) is 18.4. The van der Waals surface area contributed by atoms with Crippen LogP contribution >= 0.6 is 0 Å². The van der Waals surface area contributed by atoms with Crippen LogP contribution in [0, 0.1) is 17.8 Å². The van der Waals surface area contributed by atoms with Gasteiger partial charge in [-0.25, -0.2) is 0 Å². The Morgan fingerprint density at radius 1 is 0.542 bits per heavy atom. The lowest BCUT2D eigenvalue weighted by Gasteiger charge is -2.30. The van der Waals surface area contributed by atoms with E-state index < -0.39 is 53.6 Å². The van der Waals surface area contributed by atoms with Crippen LogP contribution in [0.5, 0.6) is 0 Å². The Morgan fingerprint density at radius 2 is 0.750 bits per heavy atom. The highest BCUT2D eigenvalue weighted by Gasteiger charge is 2.42. The van der Waals surface area contributed by atoms with Crippen molar-refractivity contribution in [1.29, 1.82) is 0 Å². The molecule has 0 saturated heterocycles. The maximum atomic E-state index is 11.9. The largest absolute Gasteiger partial charge is 0.393 e.